The highest BCUT2D eigenvalue weighted by Gasteiger charge is 2.51. The fourth-order valence-electron chi connectivity index (χ4n) is 2.51. The second-order valence-electron chi connectivity index (χ2n) is 4.93. The SMILES string of the molecule is CCC1(COC(C)=O)C(=O)c2ccccc2N(C)C1=O. The minimum Gasteiger partial charge on any atom is -0.464 e. The van der Waals surface area contributed by atoms with Crippen molar-refractivity contribution in [3.05, 3.63) is 29.8 Å². The summed E-state index contributed by atoms with van der Waals surface area (Å²) in [6, 6.07) is 6.96. The first kappa shape index (κ1) is 14.2. The zero-order valence-electron chi connectivity index (χ0n) is 11.8. The number of fused-ring (bicyclic) bond motifs is 1. The van der Waals surface area contributed by atoms with E-state index in [2.05, 4.69) is 0 Å². The summed E-state index contributed by atoms with van der Waals surface area (Å²) in [4.78, 5) is 37.8. The van der Waals surface area contributed by atoms with E-state index in [0.717, 1.165) is 0 Å². The van der Waals surface area contributed by atoms with Crippen LogP contribution in [0.2, 0.25) is 0 Å². The fourth-order valence-corrected chi connectivity index (χ4v) is 2.51. The third-order valence-corrected chi connectivity index (χ3v) is 3.78. The number of rotatable bonds is 3. The first-order chi connectivity index (χ1) is 9.44. The van der Waals surface area contributed by atoms with Crippen molar-refractivity contribution in [1.82, 2.24) is 0 Å². The van der Waals surface area contributed by atoms with Crippen molar-refractivity contribution in [3.8, 4) is 0 Å². The highest BCUT2D eigenvalue weighted by Crippen LogP contribution is 2.39. The average molecular weight is 275 g/mol. The van der Waals surface area contributed by atoms with Crippen molar-refractivity contribution < 1.29 is 19.1 Å². The molecule has 1 aliphatic heterocycles. The summed E-state index contributed by atoms with van der Waals surface area (Å²) >= 11 is 0. The number of ether oxygens (including phenoxy) is 1. The van der Waals surface area contributed by atoms with Gasteiger partial charge in [-0.1, -0.05) is 19.1 Å². The molecule has 0 N–H and O–H groups in total. The number of nitrogens with zero attached hydrogens (tertiary/aromatic N) is 1. The molecule has 1 unspecified atom stereocenters. The topological polar surface area (TPSA) is 63.7 Å². The third kappa shape index (κ3) is 1.99. The molecule has 5 heteroatoms. The molecule has 1 heterocycles. The van der Waals surface area contributed by atoms with Gasteiger partial charge in [-0.05, 0) is 18.6 Å². The Labute approximate surface area is 117 Å². The molecule has 2 rings (SSSR count). The van der Waals surface area contributed by atoms with Crippen LogP contribution in [-0.4, -0.2) is 31.3 Å². The summed E-state index contributed by atoms with van der Waals surface area (Å²) in [5, 5.41) is 0. The normalized spacial score (nSPS) is 21.6. The Morgan fingerprint density at radius 3 is 2.55 bits per heavy atom. The second kappa shape index (κ2) is 5.07. The monoisotopic (exact) mass is 275 g/mol. The molecule has 20 heavy (non-hydrogen) atoms. The Kier molecular flexibility index (Phi) is 3.61. The summed E-state index contributed by atoms with van der Waals surface area (Å²) in [7, 11) is 1.63. The number of ketones is 1. The van der Waals surface area contributed by atoms with E-state index in [0.29, 0.717) is 11.3 Å². The molecule has 0 spiro atoms. The molecule has 1 aromatic carbocycles. The number of esters is 1. The Morgan fingerprint density at radius 2 is 1.95 bits per heavy atom. The Hall–Kier alpha value is -2.17. The summed E-state index contributed by atoms with van der Waals surface area (Å²) in [5.74, 6) is -1.11. The number of carbonyl (C=O) groups is 3. The molecule has 1 amide bonds. The molecule has 106 valence electrons. The van der Waals surface area contributed by atoms with Crippen molar-refractivity contribution in [2.24, 2.45) is 5.41 Å². The lowest BCUT2D eigenvalue weighted by Gasteiger charge is -2.38. The van der Waals surface area contributed by atoms with Crippen molar-refractivity contribution in [1.29, 1.82) is 0 Å². The van der Waals surface area contributed by atoms with Crippen LogP contribution < -0.4 is 4.90 Å². The predicted molar refractivity (Wildman–Crippen MR) is 73.5 cm³/mol. The van der Waals surface area contributed by atoms with Gasteiger partial charge in [0.15, 0.2) is 5.78 Å². The molecule has 0 aromatic heterocycles. The lowest BCUT2D eigenvalue weighted by Crippen LogP contribution is -2.54. The standard InChI is InChI=1S/C15H17NO4/c1-4-15(9-20-10(2)17)13(18)11-7-5-6-8-12(11)16(3)14(15)19/h5-8H,4,9H2,1-3H3. The van der Waals surface area contributed by atoms with Crippen LogP contribution in [-0.2, 0) is 14.3 Å². The van der Waals surface area contributed by atoms with E-state index >= 15 is 0 Å². The van der Waals surface area contributed by atoms with Gasteiger partial charge in [0.05, 0.1) is 5.69 Å². The maximum atomic E-state index is 12.7. The van der Waals surface area contributed by atoms with Gasteiger partial charge in [0.1, 0.15) is 12.0 Å². The second-order valence-corrected chi connectivity index (χ2v) is 4.93. The van der Waals surface area contributed by atoms with Crippen LogP contribution in [0.1, 0.15) is 30.6 Å². The van der Waals surface area contributed by atoms with E-state index < -0.39 is 11.4 Å². The van der Waals surface area contributed by atoms with Crippen molar-refractivity contribution in [2.75, 3.05) is 18.6 Å². The van der Waals surface area contributed by atoms with Gasteiger partial charge < -0.3 is 9.64 Å². The van der Waals surface area contributed by atoms with Crippen LogP contribution in [0.25, 0.3) is 0 Å². The molecule has 0 saturated carbocycles. The molecular formula is C15H17NO4. The summed E-state index contributed by atoms with van der Waals surface area (Å²) in [5.41, 5.74) is -0.229. The van der Waals surface area contributed by atoms with Crippen molar-refractivity contribution >= 4 is 23.3 Å². The highest BCUT2D eigenvalue weighted by atomic mass is 16.5. The Morgan fingerprint density at radius 1 is 1.30 bits per heavy atom. The number of Topliss-reactive ketones (excluding diaryl/α,β-unsaturated/α-hetero) is 1. The number of para-hydroxylation sites is 1. The maximum Gasteiger partial charge on any atom is 0.302 e. The van der Waals surface area contributed by atoms with Crippen LogP contribution in [0.4, 0.5) is 5.69 Å². The minimum atomic E-state index is -1.31. The third-order valence-electron chi connectivity index (χ3n) is 3.78. The lowest BCUT2D eigenvalue weighted by molar-refractivity contribution is -0.146. The van der Waals surface area contributed by atoms with E-state index in [1.54, 1.807) is 38.2 Å². The first-order valence-electron chi connectivity index (χ1n) is 6.49. The molecule has 1 aromatic rings. The first-order valence-corrected chi connectivity index (χ1v) is 6.49. The molecule has 0 radical (unpaired) electrons. The van der Waals surface area contributed by atoms with E-state index in [1.807, 2.05) is 0 Å². The number of anilines is 1. The molecule has 1 atom stereocenters. The molecule has 0 fully saturated rings. The lowest BCUT2D eigenvalue weighted by atomic mass is 9.74. The smallest absolute Gasteiger partial charge is 0.302 e. The maximum absolute atomic E-state index is 12.7. The quantitative estimate of drug-likeness (QED) is 0.623. The van der Waals surface area contributed by atoms with E-state index in [1.165, 1.54) is 11.8 Å². The van der Waals surface area contributed by atoms with Crippen molar-refractivity contribution in [2.45, 2.75) is 20.3 Å². The van der Waals surface area contributed by atoms with Gasteiger partial charge in [-0.25, -0.2) is 0 Å². The average Bonchev–Trinajstić information content (AvgIpc) is 2.45. The van der Waals surface area contributed by atoms with Gasteiger partial charge in [-0.15, -0.1) is 0 Å². The summed E-state index contributed by atoms with van der Waals surface area (Å²) in [6.45, 7) is 2.80. The summed E-state index contributed by atoms with van der Waals surface area (Å²) < 4.78 is 4.97. The van der Waals surface area contributed by atoms with Gasteiger partial charge in [-0.3, -0.25) is 14.4 Å². The van der Waals surface area contributed by atoms with E-state index in [9.17, 15) is 14.4 Å². The van der Waals surface area contributed by atoms with Crippen LogP contribution in [0, 0.1) is 5.41 Å². The zero-order valence-corrected chi connectivity index (χ0v) is 11.8. The van der Waals surface area contributed by atoms with E-state index in [-0.39, 0.29) is 24.7 Å². The summed E-state index contributed by atoms with van der Waals surface area (Å²) in [6.07, 6.45) is 0.288. The number of carbonyl (C=O) groups excluding carboxylic acids is 3. The number of hydrogen-bond donors (Lipinski definition) is 0. The van der Waals surface area contributed by atoms with Gasteiger partial charge in [0.2, 0.25) is 5.91 Å². The Bertz CT molecular complexity index is 581. The number of benzene rings is 1. The van der Waals surface area contributed by atoms with Crippen molar-refractivity contribution in [3.63, 3.8) is 0 Å². The minimum absolute atomic E-state index is 0.213. The fraction of sp³-hybridized carbons (Fsp3) is 0.400. The van der Waals surface area contributed by atoms with Crippen LogP contribution in [0.5, 0.6) is 0 Å². The molecule has 0 saturated heterocycles. The predicted octanol–water partition coefficient (Wildman–Crippen LogP) is 1.81. The van der Waals surface area contributed by atoms with Gasteiger partial charge in [-0.2, -0.15) is 0 Å². The number of amides is 1. The molecular weight excluding hydrogens is 258 g/mol. The largest absolute Gasteiger partial charge is 0.464 e. The molecule has 5 nitrogen and oxygen atoms in total. The van der Waals surface area contributed by atoms with E-state index in [4.69, 9.17) is 4.74 Å². The van der Waals surface area contributed by atoms with Gasteiger partial charge in [0.25, 0.3) is 0 Å². The number of hydrogen-bond acceptors (Lipinski definition) is 4. The molecule has 0 aliphatic carbocycles. The van der Waals surface area contributed by atoms with Crippen LogP contribution in [0.15, 0.2) is 24.3 Å². The van der Waals surface area contributed by atoms with Crippen LogP contribution >= 0.6 is 0 Å². The molecule has 1 aliphatic rings. The highest BCUT2D eigenvalue weighted by molar-refractivity contribution is 6.24. The molecule has 0 bridgehead atoms. The van der Waals surface area contributed by atoms with Gasteiger partial charge >= 0.3 is 5.97 Å². The van der Waals surface area contributed by atoms with Crippen LogP contribution in [0.3, 0.4) is 0 Å². The van der Waals surface area contributed by atoms with Gasteiger partial charge in [0, 0.05) is 19.5 Å². The zero-order chi connectivity index (χ0) is 14.9. The Balaban J connectivity index is 2.51.